The number of nitrogens with one attached hydrogen (secondary N) is 2. The second-order valence-corrected chi connectivity index (χ2v) is 7.92. The van der Waals surface area contributed by atoms with Gasteiger partial charge in [0.15, 0.2) is 0 Å². The summed E-state index contributed by atoms with van der Waals surface area (Å²) in [4.78, 5) is 12.4. The molecule has 0 heterocycles. The van der Waals surface area contributed by atoms with E-state index in [0.29, 0.717) is 17.2 Å². The van der Waals surface area contributed by atoms with Crippen LogP contribution < -0.4 is 10.0 Å². The standard InChI is InChI=1S/C15H20N2O3S/c1-21(19,20)17-13-5-3-2-4-12(13)15(18)16-14-9-10-6-7-11(14)8-10/h2-5,10-11,14,17H,6-9H2,1H3,(H,16,18)/t10-,11-,14-/m0/s1. The van der Waals surface area contributed by atoms with Gasteiger partial charge < -0.3 is 5.32 Å². The molecule has 2 N–H and O–H groups in total. The Balaban J connectivity index is 1.75. The normalized spacial score (nSPS) is 27.6. The van der Waals surface area contributed by atoms with Gasteiger partial charge >= 0.3 is 0 Å². The maximum atomic E-state index is 12.4. The number of fused-ring (bicyclic) bond motifs is 2. The number of hydrogen-bond donors (Lipinski definition) is 2. The monoisotopic (exact) mass is 308 g/mol. The van der Waals surface area contributed by atoms with Crippen molar-refractivity contribution in [2.75, 3.05) is 11.0 Å². The minimum Gasteiger partial charge on any atom is -0.349 e. The minimum absolute atomic E-state index is 0.195. The molecular weight excluding hydrogens is 288 g/mol. The van der Waals surface area contributed by atoms with Gasteiger partial charge in [-0.25, -0.2) is 8.42 Å². The lowest BCUT2D eigenvalue weighted by molar-refractivity contribution is 0.0924. The maximum Gasteiger partial charge on any atom is 0.253 e. The Hall–Kier alpha value is -1.56. The summed E-state index contributed by atoms with van der Waals surface area (Å²) in [5.41, 5.74) is 0.714. The highest BCUT2D eigenvalue weighted by Crippen LogP contribution is 2.44. The fourth-order valence-corrected chi connectivity index (χ4v) is 4.21. The molecule has 1 aromatic carbocycles. The number of sulfonamides is 1. The van der Waals surface area contributed by atoms with Crippen molar-refractivity contribution < 1.29 is 13.2 Å². The van der Waals surface area contributed by atoms with Gasteiger partial charge in [-0.2, -0.15) is 0 Å². The van der Waals surface area contributed by atoms with Gasteiger partial charge in [-0.05, 0) is 43.2 Å². The Morgan fingerprint density at radius 2 is 1.95 bits per heavy atom. The zero-order chi connectivity index (χ0) is 15.0. The van der Waals surface area contributed by atoms with Gasteiger partial charge in [0, 0.05) is 6.04 Å². The summed E-state index contributed by atoms with van der Waals surface area (Å²) in [5, 5.41) is 3.08. The van der Waals surface area contributed by atoms with Crippen molar-refractivity contribution in [3.8, 4) is 0 Å². The Morgan fingerprint density at radius 1 is 1.19 bits per heavy atom. The van der Waals surface area contributed by atoms with Crippen LogP contribution in [0.2, 0.25) is 0 Å². The lowest BCUT2D eigenvalue weighted by Crippen LogP contribution is -2.38. The SMILES string of the molecule is CS(=O)(=O)Nc1ccccc1C(=O)N[C@H]1C[C@H]2CC[C@H]1C2. The molecule has 0 aromatic heterocycles. The first-order valence-electron chi connectivity index (χ1n) is 7.30. The van der Waals surface area contributed by atoms with Crippen LogP contribution in [0.1, 0.15) is 36.0 Å². The molecule has 0 unspecified atom stereocenters. The Bertz CT molecular complexity index is 657. The van der Waals surface area contributed by atoms with E-state index in [1.165, 1.54) is 19.3 Å². The molecular formula is C15H20N2O3S. The quantitative estimate of drug-likeness (QED) is 0.893. The van der Waals surface area contributed by atoms with Gasteiger partial charge in [-0.1, -0.05) is 18.6 Å². The van der Waals surface area contributed by atoms with E-state index in [0.717, 1.165) is 18.6 Å². The van der Waals surface area contributed by atoms with E-state index in [4.69, 9.17) is 0 Å². The molecule has 0 aliphatic heterocycles. The van der Waals surface area contributed by atoms with Crippen molar-refractivity contribution in [1.29, 1.82) is 0 Å². The predicted molar refractivity (Wildman–Crippen MR) is 81.6 cm³/mol. The zero-order valence-electron chi connectivity index (χ0n) is 12.0. The molecule has 2 saturated carbocycles. The molecule has 0 radical (unpaired) electrons. The van der Waals surface area contributed by atoms with Crippen molar-refractivity contribution >= 4 is 21.6 Å². The molecule has 0 spiro atoms. The van der Waals surface area contributed by atoms with Crippen molar-refractivity contribution in [3.05, 3.63) is 29.8 Å². The molecule has 2 fully saturated rings. The highest BCUT2D eigenvalue weighted by molar-refractivity contribution is 7.92. The van der Waals surface area contributed by atoms with Gasteiger partial charge in [0.05, 0.1) is 17.5 Å². The number of anilines is 1. The van der Waals surface area contributed by atoms with Crippen LogP contribution in [0.15, 0.2) is 24.3 Å². The third-order valence-corrected chi connectivity index (χ3v) is 5.11. The molecule has 3 rings (SSSR count). The first-order valence-corrected chi connectivity index (χ1v) is 9.19. The van der Waals surface area contributed by atoms with E-state index in [1.54, 1.807) is 24.3 Å². The van der Waals surface area contributed by atoms with E-state index in [9.17, 15) is 13.2 Å². The largest absolute Gasteiger partial charge is 0.349 e. The van der Waals surface area contributed by atoms with Crippen LogP contribution in [0.25, 0.3) is 0 Å². The summed E-state index contributed by atoms with van der Waals surface area (Å²) in [7, 11) is -3.40. The number of benzene rings is 1. The van der Waals surface area contributed by atoms with Crippen molar-refractivity contribution in [3.63, 3.8) is 0 Å². The first-order chi connectivity index (χ1) is 9.92. The van der Waals surface area contributed by atoms with E-state index in [1.807, 2.05) is 0 Å². The molecule has 1 aromatic rings. The topological polar surface area (TPSA) is 75.3 Å². The second kappa shape index (κ2) is 5.33. The molecule has 1 amide bonds. The summed E-state index contributed by atoms with van der Waals surface area (Å²) < 4.78 is 25.2. The number of amides is 1. The van der Waals surface area contributed by atoms with E-state index >= 15 is 0 Å². The summed E-state index contributed by atoms with van der Waals surface area (Å²) in [6.45, 7) is 0. The second-order valence-electron chi connectivity index (χ2n) is 6.17. The highest BCUT2D eigenvalue weighted by Gasteiger charge is 2.40. The van der Waals surface area contributed by atoms with Crippen molar-refractivity contribution in [1.82, 2.24) is 5.32 Å². The Kier molecular flexibility index (Phi) is 3.65. The minimum atomic E-state index is -3.40. The number of carbonyl (C=O) groups is 1. The molecule has 2 aliphatic rings. The maximum absolute atomic E-state index is 12.4. The van der Waals surface area contributed by atoms with Crippen molar-refractivity contribution in [2.45, 2.75) is 31.7 Å². The summed E-state index contributed by atoms with van der Waals surface area (Å²) in [5.74, 6) is 1.15. The Labute approximate surface area is 125 Å². The average Bonchev–Trinajstić information content (AvgIpc) is 2.99. The number of carbonyl (C=O) groups excluding carboxylic acids is 1. The molecule has 21 heavy (non-hydrogen) atoms. The van der Waals surface area contributed by atoms with Gasteiger partial charge in [0.1, 0.15) is 0 Å². The zero-order valence-corrected chi connectivity index (χ0v) is 12.8. The lowest BCUT2D eigenvalue weighted by Gasteiger charge is -2.23. The van der Waals surface area contributed by atoms with Gasteiger partial charge in [0.25, 0.3) is 5.91 Å². The van der Waals surface area contributed by atoms with Crippen LogP contribution in [0.4, 0.5) is 5.69 Å². The molecule has 0 saturated heterocycles. The number of para-hydroxylation sites is 1. The molecule has 3 atom stereocenters. The highest BCUT2D eigenvalue weighted by atomic mass is 32.2. The summed E-state index contributed by atoms with van der Waals surface area (Å²) in [6, 6.07) is 6.94. The van der Waals surface area contributed by atoms with E-state index in [2.05, 4.69) is 10.0 Å². The van der Waals surface area contributed by atoms with Gasteiger partial charge in [-0.3, -0.25) is 9.52 Å². The van der Waals surface area contributed by atoms with Crippen molar-refractivity contribution in [2.24, 2.45) is 11.8 Å². The predicted octanol–water partition coefficient (Wildman–Crippen LogP) is 1.98. The van der Waals surface area contributed by atoms with Gasteiger partial charge in [0.2, 0.25) is 10.0 Å². The first kappa shape index (κ1) is 14.4. The molecule has 2 bridgehead atoms. The lowest BCUT2D eigenvalue weighted by atomic mass is 9.95. The fourth-order valence-electron chi connectivity index (χ4n) is 3.64. The van der Waals surface area contributed by atoms with Crippen LogP contribution >= 0.6 is 0 Å². The van der Waals surface area contributed by atoms with Crippen LogP contribution in [-0.4, -0.2) is 26.6 Å². The van der Waals surface area contributed by atoms with E-state index in [-0.39, 0.29) is 11.9 Å². The Morgan fingerprint density at radius 3 is 2.57 bits per heavy atom. The van der Waals surface area contributed by atoms with Crippen LogP contribution in [0.3, 0.4) is 0 Å². The molecule has 5 nitrogen and oxygen atoms in total. The molecule has 114 valence electrons. The van der Waals surface area contributed by atoms with Crippen LogP contribution in [-0.2, 0) is 10.0 Å². The third kappa shape index (κ3) is 3.20. The fraction of sp³-hybridized carbons (Fsp3) is 0.533. The third-order valence-electron chi connectivity index (χ3n) is 4.52. The average molecular weight is 308 g/mol. The van der Waals surface area contributed by atoms with E-state index < -0.39 is 10.0 Å². The van der Waals surface area contributed by atoms with Crippen LogP contribution in [0, 0.1) is 11.8 Å². The van der Waals surface area contributed by atoms with Gasteiger partial charge in [-0.15, -0.1) is 0 Å². The summed E-state index contributed by atoms with van der Waals surface area (Å²) in [6.07, 6.45) is 5.83. The number of rotatable bonds is 4. The smallest absolute Gasteiger partial charge is 0.253 e. The summed E-state index contributed by atoms with van der Waals surface area (Å²) >= 11 is 0. The van der Waals surface area contributed by atoms with Crippen LogP contribution in [0.5, 0.6) is 0 Å². The number of hydrogen-bond acceptors (Lipinski definition) is 3. The molecule has 6 heteroatoms. The molecule has 2 aliphatic carbocycles.